The van der Waals surface area contributed by atoms with Gasteiger partial charge in [0.1, 0.15) is 5.15 Å². The molecule has 1 aromatic carbocycles. The van der Waals surface area contributed by atoms with Crippen molar-refractivity contribution in [2.75, 3.05) is 5.75 Å². The third kappa shape index (κ3) is 2.71. The molecule has 2 aromatic rings. The molecule has 3 atom stereocenters. The van der Waals surface area contributed by atoms with Crippen LogP contribution in [0.25, 0.3) is 17.0 Å². The second-order valence-electron chi connectivity index (χ2n) is 5.34. The molecule has 1 aliphatic rings. The summed E-state index contributed by atoms with van der Waals surface area (Å²) in [4.78, 5) is 14.0. The van der Waals surface area contributed by atoms with Crippen LogP contribution in [0, 0.1) is 5.92 Å². The van der Waals surface area contributed by atoms with Gasteiger partial charge in [0.2, 0.25) is 0 Å². The molecule has 0 bridgehead atoms. The van der Waals surface area contributed by atoms with Gasteiger partial charge in [0.25, 0.3) is 0 Å². The predicted octanol–water partition coefficient (Wildman–Crippen LogP) is 3.10. The first-order chi connectivity index (χ1) is 10.4. The summed E-state index contributed by atoms with van der Waals surface area (Å²) in [6.45, 7) is 6.37. The summed E-state index contributed by atoms with van der Waals surface area (Å²) in [5, 5.41) is 5.08. The highest BCUT2D eigenvalue weighted by Gasteiger charge is 2.20. The summed E-state index contributed by atoms with van der Waals surface area (Å²) < 4.78 is 0.970. The predicted molar refractivity (Wildman–Crippen MR) is 102 cm³/mol. The standard InChI is InChI=1S/C15H16BrClN3PS/c1-4-22-15-19-12-9(14(17)20-15)8-5-6(2)7(3)18-11(8)10(16)13(12)21/h5-7H,4,21H2,1-3H3. The van der Waals surface area contributed by atoms with Crippen molar-refractivity contribution < 1.29 is 0 Å². The van der Waals surface area contributed by atoms with Crippen molar-refractivity contribution in [2.24, 2.45) is 10.9 Å². The molecule has 0 aliphatic carbocycles. The molecule has 1 aliphatic heterocycles. The molecule has 3 unspecified atom stereocenters. The van der Waals surface area contributed by atoms with Gasteiger partial charge in [-0.25, -0.2) is 9.97 Å². The van der Waals surface area contributed by atoms with E-state index in [2.05, 4.69) is 57.0 Å². The molecular weight excluding hydrogens is 401 g/mol. The average molecular weight is 417 g/mol. The van der Waals surface area contributed by atoms with E-state index in [1.807, 2.05) is 0 Å². The van der Waals surface area contributed by atoms with E-state index in [4.69, 9.17) is 21.6 Å². The van der Waals surface area contributed by atoms with Crippen molar-refractivity contribution in [1.29, 1.82) is 0 Å². The van der Waals surface area contributed by atoms with E-state index in [9.17, 15) is 0 Å². The second-order valence-corrected chi connectivity index (χ2v) is 8.30. The zero-order valence-electron chi connectivity index (χ0n) is 12.5. The van der Waals surface area contributed by atoms with Crippen molar-refractivity contribution in [2.45, 2.75) is 32.0 Å². The van der Waals surface area contributed by atoms with E-state index >= 15 is 0 Å². The Labute approximate surface area is 149 Å². The fraction of sp³-hybridized carbons (Fsp3) is 0.400. The summed E-state index contributed by atoms with van der Waals surface area (Å²) >= 11 is 11.8. The van der Waals surface area contributed by atoms with E-state index in [0.717, 1.165) is 37.0 Å². The number of hydrogen-bond donors (Lipinski definition) is 0. The van der Waals surface area contributed by atoms with E-state index < -0.39 is 0 Å². The summed E-state index contributed by atoms with van der Waals surface area (Å²) in [5.74, 6) is 1.27. The molecule has 0 amide bonds. The lowest BCUT2D eigenvalue weighted by Crippen LogP contribution is -2.38. The Morgan fingerprint density at radius 2 is 2.09 bits per heavy atom. The molecule has 7 heteroatoms. The van der Waals surface area contributed by atoms with Crippen LogP contribution in [0.4, 0.5) is 0 Å². The van der Waals surface area contributed by atoms with Gasteiger partial charge in [-0.05, 0) is 34.5 Å². The van der Waals surface area contributed by atoms with Gasteiger partial charge in [0.05, 0.1) is 21.4 Å². The normalized spacial score (nSPS) is 20.5. The zero-order chi connectivity index (χ0) is 16.0. The molecule has 22 heavy (non-hydrogen) atoms. The molecule has 0 saturated carbocycles. The number of fused-ring (bicyclic) bond motifs is 3. The molecule has 3 nitrogen and oxygen atoms in total. The van der Waals surface area contributed by atoms with Crippen LogP contribution in [-0.2, 0) is 0 Å². The van der Waals surface area contributed by atoms with Crippen LogP contribution in [0.15, 0.2) is 14.6 Å². The molecule has 0 radical (unpaired) electrons. The molecule has 0 N–H and O–H groups in total. The number of nitrogens with zero attached hydrogens (tertiary/aromatic N) is 3. The zero-order valence-corrected chi connectivity index (χ0v) is 16.8. The van der Waals surface area contributed by atoms with Crippen LogP contribution in [0.2, 0.25) is 5.15 Å². The minimum absolute atomic E-state index is 0.250. The van der Waals surface area contributed by atoms with E-state index in [1.54, 1.807) is 11.8 Å². The van der Waals surface area contributed by atoms with E-state index in [-0.39, 0.29) is 6.04 Å². The highest BCUT2D eigenvalue weighted by Crippen LogP contribution is 2.24. The maximum Gasteiger partial charge on any atom is 0.189 e. The van der Waals surface area contributed by atoms with Gasteiger partial charge < -0.3 is 0 Å². The van der Waals surface area contributed by atoms with Gasteiger partial charge in [-0.15, -0.1) is 9.24 Å². The summed E-state index contributed by atoms with van der Waals surface area (Å²) in [7, 11) is 2.75. The lowest BCUT2D eigenvalue weighted by atomic mass is 9.98. The van der Waals surface area contributed by atoms with E-state index in [1.165, 1.54) is 0 Å². The maximum atomic E-state index is 6.49. The second kappa shape index (κ2) is 6.35. The minimum Gasteiger partial charge on any atom is -0.280 e. The molecule has 3 rings (SSSR count). The van der Waals surface area contributed by atoms with Crippen LogP contribution < -0.4 is 15.9 Å². The van der Waals surface area contributed by atoms with Crippen LogP contribution in [0.3, 0.4) is 0 Å². The van der Waals surface area contributed by atoms with Crippen LogP contribution in [0.1, 0.15) is 20.8 Å². The number of hydrogen-bond acceptors (Lipinski definition) is 4. The first-order valence-electron chi connectivity index (χ1n) is 7.10. The highest BCUT2D eigenvalue weighted by molar-refractivity contribution is 9.10. The average Bonchev–Trinajstić information content (AvgIpc) is 2.47. The van der Waals surface area contributed by atoms with Gasteiger partial charge >= 0.3 is 0 Å². The molecule has 116 valence electrons. The van der Waals surface area contributed by atoms with Crippen molar-refractivity contribution in [1.82, 2.24) is 9.97 Å². The Morgan fingerprint density at radius 1 is 1.36 bits per heavy atom. The molecular formula is C15H16BrClN3PS. The third-order valence-electron chi connectivity index (χ3n) is 3.86. The summed E-state index contributed by atoms with van der Waals surface area (Å²) in [5.41, 5.74) is 0.875. The number of thioether (sulfide) groups is 1. The Balaban J connectivity index is 2.50. The number of benzene rings is 1. The fourth-order valence-electron chi connectivity index (χ4n) is 2.52. The first kappa shape index (κ1) is 16.6. The quantitative estimate of drug-likeness (QED) is 0.327. The molecule has 0 saturated heterocycles. The van der Waals surface area contributed by atoms with Gasteiger partial charge in [0, 0.05) is 15.9 Å². The fourth-order valence-corrected chi connectivity index (χ4v) is 4.26. The molecule has 1 aromatic heterocycles. The Kier molecular flexibility index (Phi) is 4.80. The van der Waals surface area contributed by atoms with Crippen LogP contribution in [-0.4, -0.2) is 21.8 Å². The Bertz CT molecular complexity index is 887. The molecule has 0 fully saturated rings. The van der Waals surface area contributed by atoms with Gasteiger partial charge in [0.15, 0.2) is 5.16 Å². The van der Waals surface area contributed by atoms with Crippen molar-refractivity contribution in [3.8, 4) is 0 Å². The van der Waals surface area contributed by atoms with Crippen molar-refractivity contribution in [3.63, 3.8) is 0 Å². The summed E-state index contributed by atoms with van der Waals surface area (Å²) in [6.07, 6.45) is 2.23. The topological polar surface area (TPSA) is 38.1 Å². The SMILES string of the molecule is CCSc1nc(Cl)c2c3c(c(Br)c(P)c2n1)=NC(C)C(C)C=3. The molecule has 0 spiro atoms. The Hall–Kier alpha value is -0.220. The maximum absolute atomic E-state index is 6.49. The van der Waals surface area contributed by atoms with Crippen molar-refractivity contribution >= 4 is 70.8 Å². The van der Waals surface area contributed by atoms with Gasteiger partial charge in [-0.1, -0.05) is 43.3 Å². The largest absolute Gasteiger partial charge is 0.280 e. The lowest BCUT2D eigenvalue weighted by molar-refractivity contribution is 0.586. The smallest absolute Gasteiger partial charge is 0.189 e. The van der Waals surface area contributed by atoms with E-state index in [0.29, 0.717) is 16.2 Å². The number of aromatic nitrogens is 2. The van der Waals surface area contributed by atoms with Crippen molar-refractivity contribution in [3.05, 3.63) is 20.2 Å². The van der Waals surface area contributed by atoms with Gasteiger partial charge in [-0.3, -0.25) is 4.99 Å². The lowest BCUT2D eigenvalue weighted by Gasteiger charge is -2.19. The number of halogens is 2. The first-order valence-corrected chi connectivity index (χ1v) is 9.84. The van der Waals surface area contributed by atoms with Gasteiger partial charge in [-0.2, -0.15) is 0 Å². The van der Waals surface area contributed by atoms with Crippen LogP contribution in [0.5, 0.6) is 0 Å². The monoisotopic (exact) mass is 415 g/mol. The summed E-state index contributed by atoms with van der Waals surface area (Å²) in [6, 6.07) is 0.250. The third-order valence-corrected chi connectivity index (χ3v) is 6.66. The Morgan fingerprint density at radius 3 is 2.77 bits per heavy atom. The minimum atomic E-state index is 0.250. The molecule has 2 heterocycles. The van der Waals surface area contributed by atoms with Crippen LogP contribution >= 0.6 is 48.5 Å². The highest BCUT2D eigenvalue weighted by atomic mass is 79.9. The number of rotatable bonds is 2.